The fraction of sp³-hybridized carbons (Fsp3) is 0.267. The molecule has 1 unspecified atom stereocenters. The number of benzene rings is 3. The number of carbonyl (C=O) groups is 1. The van der Waals surface area contributed by atoms with E-state index in [1.54, 1.807) is 36.4 Å². The minimum absolute atomic E-state index is 0.00865. The highest BCUT2D eigenvalue weighted by Gasteiger charge is 2.44. The molecule has 2 heterocycles. The van der Waals surface area contributed by atoms with Crippen LogP contribution in [0.25, 0.3) is 11.0 Å². The second-order valence-electron chi connectivity index (χ2n) is 9.51. The van der Waals surface area contributed by atoms with Gasteiger partial charge in [0.25, 0.3) is 5.91 Å². The summed E-state index contributed by atoms with van der Waals surface area (Å²) in [5.74, 6) is -0.318. The Kier molecular flexibility index (Phi) is 6.51. The molecule has 0 bridgehead atoms. The summed E-state index contributed by atoms with van der Waals surface area (Å²) in [6.07, 6.45) is -2.81. The lowest BCUT2D eigenvalue weighted by molar-refractivity contribution is -0.137. The van der Waals surface area contributed by atoms with Crippen LogP contribution in [0, 0.1) is 13.8 Å². The summed E-state index contributed by atoms with van der Waals surface area (Å²) in [6, 6.07) is 13.9. The third-order valence-electron chi connectivity index (χ3n) is 6.88. The van der Waals surface area contributed by atoms with E-state index in [-0.39, 0.29) is 22.6 Å². The summed E-state index contributed by atoms with van der Waals surface area (Å²) in [4.78, 5) is 28.8. The SMILES string of the molecule is CCCCOc1cccc(C2c3c(oc4cc(C)c(C)cc4c3=O)C(=O)N2c2cccc(C(F)(F)F)c2)c1. The topological polar surface area (TPSA) is 59.8 Å². The smallest absolute Gasteiger partial charge is 0.416 e. The van der Waals surface area contributed by atoms with Gasteiger partial charge in [0.1, 0.15) is 11.3 Å². The van der Waals surface area contributed by atoms with Crippen LogP contribution in [0.15, 0.2) is 69.9 Å². The van der Waals surface area contributed by atoms with Crippen LogP contribution in [0.2, 0.25) is 0 Å². The highest BCUT2D eigenvalue weighted by molar-refractivity contribution is 6.10. The first-order valence-corrected chi connectivity index (χ1v) is 12.4. The summed E-state index contributed by atoms with van der Waals surface area (Å²) < 4.78 is 52.6. The van der Waals surface area contributed by atoms with Gasteiger partial charge in [-0.1, -0.05) is 31.5 Å². The van der Waals surface area contributed by atoms with Crippen LogP contribution in [0.3, 0.4) is 0 Å². The van der Waals surface area contributed by atoms with Crippen LogP contribution in [0.5, 0.6) is 5.75 Å². The van der Waals surface area contributed by atoms with Crippen molar-refractivity contribution in [2.75, 3.05) is 11.5 Å². The number of nitrogens with zero attached hydrogens (tertiary/aromatic N) is 1. The van der Waals surface area contributed by atoms with Gasteiger partial charge in [-0.05, 0) is 79.4 Å². The lowest BCUT2D eigenvalue weighted by Gasteiger charge is -2.26. The van der Waals surface area contributed by atoms with Crippen LogP contribution in [0.1, 0.15) is 64.2 Å². The van der Waals surface area contributed by atoms with Gasteiger partial charge in [-0.2, -0.15) is 13.2 Å². The Hall–Kier alpha value is -4.07. The Bertz CT molecular complexity index is 1610. The predicted molar refractivity (Wildman–Crippen MR) is 139 cm³/mol. The Morgan fingerprint density at radius 3 is 2.45 bits per heavy atom. The van der Waals surface area contributed by atoms with E-state index < -0.39 is 29.1 Å². The van der Waals surface area contributed by atoms with Gasteiger partial charge in [0.05, 0.1) is 29.2 Å². The third kappa shape index (κ3) is 4.44. The molecule has 0 radical (unpaired) electrons. The maximum Gasteiger partial charge on any atom is 0.416 e. The van der Waals surface area contributed by atoms with E-state index in [1.165, 1.54) is 17.0 Å². The van der Waals surface area contributed by atoms with Crippen molar-refractivity contribution in [1.29, 1.82) is 0 Å². The lowest BCUT2D eigenvalue weighted by atomic mass is 9.97. The molecular weight excluding hydrogens is 495 g/mol. The van der Waals surface area contributed by atoms with Crippen molar-refractivity contribution in [2.45, 2.75) is 45.8 Å². The number of aryl methyl sites for hydroxylation is 2. The zero-order valence-electron chi connectivity index (χ0n) is 21.2. The molecule has 196 valence electrons. The van der Waals surface area contributed by atoms with Gasteiger partial charge in [-0.3, -0.25) is 14.5 Å². The molecule has 8 heteroatoms. The number of carbonyl (C=O) groups excluding carboxylic acids is 1. The van der Waals surface area contributed by atoms with Crippen molar-refractivity contribution in [3.8, 4) is 5.75 Å². The first-order chi connectivity index (χ1) is 18.1. The zero-order valence-corrected chi connectivity index (χ0v) is 21.2. The molecule has 1 aliphatic heterocycles. The second-order valence-corrected chi connectivity index (χ2v) is 9.51. The molecule has 38 heavy (non-hydrogen) atoms. The minimum atomic E-state index is -4.61. The Morgan fingerprint density at radius 2 is 1.71 bits per heavy atom. The standard InChI is InChI=1S/C30H26F3NO4/c1-4-5-12-37-22-11-6-8-19(15-22)26-25-27(35)23-13-17(2)18(3)14-24(23)38-28(25)29(36)34(26)21-10-7-9-20(16-21)30(31,32)33/h6-11,13-16,26H,4-5,12H2,1-3H3. The Balaban J connectivity index is 1.74. The van der Waals surface area contributed by atoms with Gasteiger partial charge in [0, 0.05) is 5.69 Å². The van der Waals surface area contributed by atoms with E-state index in [2.05, 4.69) is 0 Å². The van der Waals surface area contributed by atoms with E-state index in [0.717, 1.165) is 36.1 Å². The van der Waals surface area contributed by atoms with Crippen molar-refractivity contribution in [3.05, 3.63) is 104 Å². The molecule has 0 saturated heterocycles. The van der Waals surface area contributed by atoms with Gasteiger partial charge in [-0.25, -0.2) is 0 Å². The number of unbranched alkanes of at least 4 members (excludes halogenated alkanes) is 1. The number of alkyl halides is 3. The van der Waals surface area contributed by atoms with Crippen LogP contribution in [-0.4, -0.2) is 12.5 Å². The van der Waals surface area contributed by atoms with Crippen molar-refractivity contribution >= 4 is 22.6 Å². The van der Waals surface area contributed by atoms with Gasteiger partial charge in [0.2, 0.25) is 5.76 Å². The van der Waals surface area contributed by atoms with E-state index in [0.29, 0.717) is 23.3 Å². The number of rotatable bonds is 6. The molecule has 1 aromatic heterocycles. The normalized spacial score (nSPS) is 15.3. The first kappa shape index (κ1) is 25.6. The molecule has 0 aliphatic carbocycles. The summed E-state index contributed by atoms with van der Waals surface area (Å²) in [5.41, 5.74) is 1.36. The highest BCUT2D eigenvalue weighted by atomic mass is 19.4. The zero-order chi connectivity index (χ0) is 27.2. The summed E-state index contributed by atoms with van der Waals surface area (Å²) in [6.45, 7) is 6.27. The van der Waals surface area contributed by atoms with Gasteiger partial charge < -0.3 is 9.15 Å². The minimum Gasteiger partial charge on any atom is -0.494 e. The molecule has 0 N–H and O–H groups in total. The van der Waals surface area contributed by atoms with Gasteiger partial charge in [-0.15, -0.1) is 0 Å². The van der Waals surface area contributed by atoms with Gasteiger partial charge >= 0.3 is 6.18 Å². The van der Waals surface area contributed by atoms with Crippen molar-refractivity contribution in [2.24, 2.45) is 0 Å². The van der Waals surface area contributed by atoms with Crippen LogP contribution in [0.4, 0.5) is 18.9 Å². The molecule has 3 aromatic carbocycles. The number of anilines is 1. The number of fused-ring (bicyclic) bond motifs is 2. The number of hydrogen-bond acceptors (Lipinski definition) is 4. The average Bonchev–Trinajstić information content (AvgIpc) is 3.18. The van der Waals surface area contributed by atoms with Crippen LogP contribution >= 0.6 is 0 Å². The number of amides is 1. The molecule has 0 saturated carbocycles. The monoisotopic (exact) mass is 521 g/mol. The van der Waals surface area contributed by atoms with E-state index in [1.807, 2.05) is 20.8 Å². The number of hydrogen-bond donors (Lipinski definition) is 0. The Morgan fingerprint density at radius 1 is 0.974 bits per heavy atom. The maximum absolute atomic E-state index is 13.9. The molecular formula is C30H26F3NO4. The maximum atomic E-state index is 13.9. The lowest BCUT2D eigenvalue weighted by Crippen LogP contribution is -2.29. The molecule has 1 atom stereocenters. The van der Waals surface area contributed by atoms with E-state index in [9.17, 15) is 22.8 Å². The third-order valence-corrected chi connectivity index (χ3v) is 6.88. The van der Waals surface area contributed by atoms with E-state index >= 15 is 0 Å². The van der Waals surface area contributed by atoms with E-state index in [4.69, 9.17) is 9.15 Å². The van der Waals surface area contributed by atoms with Crippen LogP contribution in [-0.2, 0) is 6.18 Å². The number of halogens is 3. The molecule has 5 rings (SSSR count). The summed E-state index contributed by atoms with van der Waals surface area (Å²) in [5, 5.41) is 0.311. The predicted octanol–water partition coefficient (Wildman–Crippen LogP) is 7.36. The molecule has 5 nitrogen and oxygen atoms in total. The van der Waals surface area contributed by atoms with Gasteiger partial charge in [0.15, 0.2) is 5.43 Å². The first-order valence-electron chi connectivity index (χ1n) is 12.4. The number of ether oxygens (including phenoxy) is 1. The molecule has 0 fully saturated rings. The van der Waals surface area contributed by atoms with Crippen LogP contribution < -0.4 is 15.1 Å². The van der Waals surface area contributed by atoms with Crippen molar-refractivity contribution < 1.29 is 27.1 Å². The fourth-order valence-corrected chi connectivity index (χ4v) is 4.75. The fourth-order valence-electron chi connectivity index (χ4n) is 4.75. The molecule has 1 amide bonds. The van der Waals surface area contributed by atoms with Crippen molar-refractivity contribution in [3.63, 3.8) is 0 Å². The Labute approximate surface area is 217 Å². The molecule has 4 aromatic rings. The molecule has 0 spiro atoms. The second kappa shape index (κ2) is 9.67. The quantitative estimate of drug-likeness (QED) is 0.249. The van der Waals surface area contributed by atoms with Crippen molar-refractivity contribution in [1.82, 2.24) is 0 Å². The average molecular weight is 522 g/mol. The summed E-state index contributed by atoms with van der Waals surface area (Å²) in [7, 11) is 0. The highest BCUT2D eigenvalue weighted by Crippen LogP contribution is 2.43. The summed E-state index contributed by atoms with van der Waals surface area (Å²) >= 11 is 0. The molecule has 1 aliphatic rings. The largest absolute Gasteiger partial charge is 0.494 e.